The number of hydrogen-bond acceptors (Lipinski definition) is 1. The molecule has 1 amide bonds. The van der Waals surface area contributed by atoms with E-state index in [1.807, 2.05) is 19.0 Å². The molecule has 0 aliphatic heterocycles. The Morgan fingerprint density at radius 2 is 1.38 bits per heavy atom. The van der Waals surface area contributed by atoms with E-state index in [-0.39, 0.29) is 29.6 Å². The first-order valence-corrected chi connectivity index (χ1v) is 8.51. The zero-order chi connectivity index (χ0) is 16.8. The fourth-order valence-corrected chi connectivity index (χ4v) is 4.58. The minimum Gasteiger partial charge on any atom is -0.369 e. The third kappa shape index (κ3) is 2.11. The fourth-order valence-electron chi connectivity index (χ4n) is 4.58. The predicted molar refractivity (Wildman–Crippen MR) is 96.4 cm³/mol. The summed E-state index contributed by atoms with van der Waals surface area (Å²) in [5.74, 6) is 0.563. The zero-order valence-corrected chi connectivity index (χ0v) is 14.3. The molecule has 24 heavy (non-hydrogen) atoms. The highest BCUT2D eigenvalue weighted by atomic mass is 16.1. The normalized spacial score (nSPS) is 27.0. The smallest absolute Gasteiger partial charge is 0.251 e. The van der Waals surface area contributed by atoms with Crippen molar-refractivity contribution in [1.29, 1.82) is 0 Å². The summed E-state index contributed by atoms with van der Waals surface area (Å²) in [6.45, 7) is 2.21. The number of fused-ring (bicyclic) bond motifs is 1. The van der Waals surface area contributed by atoms with E-state index in [4.69, 9.17) is 0 Å². The van der Waals surface area contributed by atoms with Crippen LogP contribution in [0.5, 0.6) is 0 Å². The first kappa shape index (κ1) is 15.1. The lowest BCUT2D eigenvalue weighted by Gasteiger charge is -2.48. The molecule has 2 aromatic rings. The first-order valence-electron chi connectivity index (χ1n) is 8.51. The van der Waals surface area contributed by atoms with Crippen molar-refractivity contribution >= 4 is 12.2 Å². The van der Waals surface area contributed by atoms with Crippen molar-refractivity contribution in [1.82, 2.24) is 4.90 Å². The highest BCUT2D eigenvalue weighted by molar-refractivity contribution is 5.89. The van der Waals surface area contributed by atoms with Crippen LogP contribution >= 0.6 is 0 Å². The summed E-state index contributed by atoms with van der Waals surface area (Å²) >= 11 is 0. The van der Waals surface area contributed by atoms with Crippen molar-refractivity contribution in [2.75, 3.05) is 14.1 Å². The first-order chi connectivity index (χ1) is 11.6. The van der Waals surface area contributed by atoms with E-state index in [0.717, 1.165) is 0 Å². The average molecular weight is 318 g/mol. The predicted octanol–water partition coefficient (Wildman–Crippen LogP) is 3.65. The number of aliphatic imine (C=N–C) groups is 1. The summed E-state index contributed by atoms with van der Waals surface area (Å²) in [5, 5.41) is 0. The van der Waals surface area contributed by atoms with E-state index in [9.17, 15) is 4.79 Å². The molecule has 0 saturated carbocycles. The Balaban J connectivity index is 1.87. The molecule has 0 saturated heterocycles. The summed E-state index contributed by atoms with van der Waals surface area (Å²) in [6.07, 6.45) is 1.62. The molecule has 0 unspecified atom stereocenters. The molecule has 3 aliphatic rings. The van der Waals surface area contributed by atoms with Crippen LogP contribution < -0.4 is 0 Å². The molecule has 3 heteroatoms. The maximum Gasteiger partial charge on any atom is 0.251 e. The van der Waals surface area contributed by atoms with Crippen molar-refractivity contribution in [2.45, 2.75) is 18.8 Å². The Labute approximate surface area is 143 Å². The Hall–Kier alpha value is -2.42. The van der Waals surface area contributed by atoms with Gasteiger partial charge < -0.3 is 4.90 Å². The SMILES string of the molecule is C[C@H]1C2c3ccccc3C(c3ccccc32)[C@@H]1C(=O)N=CN(C)C. The van der Waals surface area contributed by atoms with Gasteiger partial charge in [-0.1, -0.05) is 55.5 Å². The van der Waals surface area contributed by atoms with Gasteiger partial charge in [-0.15, -0.1) is 0 Å². The number of carbonyl (C=O) groups excluding carboxylic acids is 1. The quantitative estimate of drug-likeness (QED) is 0.625. The Morgan fingerprint density at radius 3 is 1.83 bits per heavy atom. The van der Waals surface area contributed by atoms with Gasteiger partial charge >= 0.3 is 0 Å². The molecular weight excluding hydrogens is 296 g/mol. The van der Waals surface area contributed by atoms with Crippen LogP contribution in [0, 0.1) is 11.8 Å². The van der Waals surface area contributed by atoms with Crippen LogP contribution in [-0.4, -0.2) is 31.2 Å². The largest absolute Gasteiger partial charge is 0.369 e. The summed E-state index contributed by atoms with van der Waals surface area (Å²) in [6, 6.07) is 17.2. The van der Waals surface area contributed by atoms with Gasteiger partial charge in [-0.3, -0.25) is 4.79 Å². The molecule has 3 nitrogen and oxygen atoms in total. The van der Waals surface area contributed by atoms with E-state index >= 15 is 0 Å². The second-order valence-electron chi connectivity index (χ2n) is 7.14. The van der Waals surface area contributed by atoms with Crippen molar-refractivity contribution in [3.05, 3.63) is 70.8 Å². The van der Waals surface area contributed by atoms with Gasteiger partial charge in [-0.2, -0.15) is 0 Å². The molecule has 122 valence electrons. The monoisotopic (exact) mass is 318 g/mol. The van der Waals surface area contributed by atoms with Gasteiger partial charge in [-0.05, 0) is 28.2 Å². The van der Waals surface area contributed by atoms with Gasteiger partial charge in [0, 0.05) is 25.9 Å². The van der Waals surface area contributed by atoms with E-state index in [2.05, 4.69) is 60.4 Å². The number of amides is 1. The highest BCUT2D eigenvalue weighted by Gasteiger charge is 2.50. The zero-order valence-electron chi connectivity index (χ0n) is 14.3. The number of hydrogen-bond donors (Lipinski definition) is 0. The van der Waals surface area contributed by atoms with Gasteiger partial charge in [0.15, 0.2) is 0 Å². The summed E-state index contributed by atoms with van der Waals surface area (Å²) in [7, 11) is 3.77. The van der Waals surface area contributed by atoms with Crippen LogP contribution in [0.2, 0.25) is 0 Å². The highest BCUT2D eigenvalue weighted by Crippen LogP contribution is 2.58. The molecule has 0 fully saturated rings. The van der Waals surface area contributed by atoms with Crippen molar-refractivity contribution < 1.29 is 4.79 Å². The van der Waals surface area contributed by atoms with E-state index in [1.165, 1.54) is 22.3 Å². The lowest BCUT2D eigenvalue weighted by molar-refractivity contribution is -0.124. The summed E-state index contributed by atoms with van der Waals surface area (Å²) in [4.78, 5) is 18.9. The van der Waals surface area contributed by atoms with Crippen molar-refractivity contribution in [3.63, 3.8) is 0 Å². The third-order valence-corrected chi connectivity index (χ3v) is 5.48. The van der Waals surface area contributed by atoms with Crippen LogP contribution in [-0.2, 0) is 4.79 Å². The van der Waals surface area contributed by atoms with Crippen LogP contribution in [0.4, 0.5) is 0 Å². The minimum absolute atomic E-state index is 0.00444. The maximum absolute atomic E-state index is 12.9. The van der Waals surface area contributed by atoms with Gasteiger partial charge in [0.05, 0.1) is 12.3 Å². The van der Waals surface area contributed by atoms with Crippen LogP contribution in [0.1, 0.15) is 41.0 Å². The molecule has 0 spiro atoms. The molecule has 0 N–H and O–H groups in total. The topological polar surface area (TPSA) is 32.7 Å². The Morgan fingerprint density at radius 1 is 0.917 bits per heavy atom. The number of benzene rings is 2. The minimum atomic E-state index is -0.0870. The van der Waals surface area contributed by atoms with Gasteiger partial charge in [-0.25, -0.2) is 4.99 Å². The molecule has 0 aromatic heterocycles. The molecule has 3 aliphatic carbocycles. The van der Waals surface area contributed by atoms with Crippen LogP contribution in [0.15, 0.2) is 53.5 Å². The van der Waals surface area contributed by atoms with E-state index in [1.54, 1.807) is 6.34 Å². The van der Waals surface area contributed by atoms with E-state index in [0.29, 0.717) is 0 Å². The van der Waals surface area contributed by atoms with Gasteiger partial charge in [0.25, 0.3) is 5.91 Å². The Bertz CT molecular complexity index is 777. The standard InChI is InChI=1S/C21H22N2O/c1-13-18-14-8-4-6-10-16(14)20(17-11-7-5-9-15(17)18)19(13)21(24)22-12-23(2)3/h4-13,18-20H,1-3H3/t13-,18?,19+,20?/m0/s1. The molecule has 2 atom stereocenters. The molecule has 0 radical (unpaired) electrons. The van der Waals surface area contributed by atoms with Crippen LogP contribution in [0.25, 0.3) is 0 Å². The molecule has 2 bridgehead atoms. The average Bonchev–Trinajstić information content (AvgIpc) is 2.59. The van der Waals surface area contributed by atoms with Crippen molar-refractivity contribution in [2.24, 2.45) is 16.8 Å². The second kappa shape index (κ2) is 5.59. The molecule has 5 rings (SSSR count). The van der Waals surface area contributed by atoms with Crippen molar-refractivity contribution in [3.8, 4) is 0 Å². The maximum atomic E-state index is 12.9. The summed E-state index contributed by atoms with van der Waals surface area (Å²) in [5.41, 5.74) is 5.37. The van der Waals surface area contributed by atoms with Crippen LogP contribution in [0.3, 0.4) is 0 Å². The summed E-state index contributed by atoms with van der Waals surface area (Å²) < 4.78 is 0. The number of carbonyl (C=O) groups is 1. The molecular formula is C21H22N2O. The molecule has 0 heterocycles. The fraction of sp³-hybridized carbons (Fsp3) is 0.333. The number of nitrogens with zero attached hydrogens (tertiary/aromatic N) is 2. The number of rotatable bonds is 2. The lowest BCUT2D eigenvalue weighted by atomic mass is 9.54. The lowest BCUT2D eigenvalue weighted by Crippen LogP contribution is -2.42. The van der Waals surface area contributed by atoms with Gasteiger partial charge in [0.2, 0.25) is 0 Å². The van der Waals surface area contributed by atoms with E-state index < -0.39 is 0 Å². The van der Waals surface area contributed by atoms with Gasteiger partial charge in [0.1, 0.15) is 0 Å². The third-order valence-electron chi connectivity index (χ3n) is 5.48. The Kier molecular flexibility index (Phi) is 3.52. The molecule has 2 aromatic carbocycles. The second-order valence-corrected chi connectivity index (χ2v) is 7.14.